The topological polar surface area (TPSA) is 71.5 Å². The van der Waals surface area contributed by atoms with E-state index in [-0.39, 0.29) is 6.03 Å². The maximum Gasteiger partial charge on any atom is 0.357 e. The quantitative estimate of drug-likeness (QED) is 0.834. The Morgan fingerprint density at radius 2 is 2.32 bits per heavy atom. The predicted octanol–water partition coefficient (Wildman–Crippen LogP) is 1.62. The second-order valence-electron chi connectivity index (χ2n) is 4.31. The average molecular weight is 283 g/mol. The summed E-state index contributed by atoms with van der Waals surface area (Å²) < 4.78 is 4.61. The van der Waals surface area contributed by atoms with E-state index in [9.17, 15) is 9.59 Å². The van der Waals surface area contributed by atoms with Crippen molar-refractivity contribution in [3.63, 3.8) is 0 Å². The van der Waals surface area contributed by atoms with Gasteiger partial charge in [-0.2, -0.15) is 0 Å². The molecule has 0 bridgehead atoms. The van der Waals surface area contributed by atoms with Crippen LogP contribution in [0.15, 0.2) is 5.38 Å². The number of carbonyl (C=O) groups is 2. The fraction of sp³-hybridized carbons (Fsp3) is 0.583. The van der Waals surface area contributed by atoms with Crippen LogP contribution in [0.25, 0.3) is 0 Å². The first-order valence-corrected chi connectivity index (χ1v) is 7.10. The van der Waals surface area contributed by atoms with Crippen LogP contribution in [-0.2, 0) is 11.3 Å². The summed E-state index contributed by atoms with van der Waals surface area (Å²) in [6, 6.07) is 0.233. The molecular weight excluding hydrogens is 266 g/mol. The zero-order valence-electron chi connectivity index (χ0n) is 11.0. The van der Waals surface area contributed by atoms with E-state index in [1.165, 1.54) is 18.4 Å². The van der Waals surface area contributed by atoms with Crippen molar-refractivity contribution >= 4 is 23.3 Å². The van der Waals surface area contributed by atoms with E-state index < -0.39 is 5.97 Å². The molecule has 1 N–H and O–H groups in total. The number of ether oxygens (including phenoxy) is 1. The number of nitrogens with zero attached hydrogens (tertiary/aromatic N) is 2. The Labute approximate surface area is 115 Å². The Kier molecular flexibility index (Phi) is 4.36. The van der Waals surface area contributed by atoms with Gasteiger partial charge in [0.25, 0.3) is 0 Å². The molecule has 1 heterocycles. The molecule has 0 radical (unpaired) electrons. The number of hydrogen-bond acceptors (Lipinski definition) is 5. The summed E-state index contributed by atoms with van der Waals surface area (Å²) in [5.41, 5.74) is 0.300. The molecule has 2 rings (SSSR count). The number of rotatable bonds is 5. The van der Waals surface area contributed by atoms with Crippen molar-refractivity contribution in [2.45, 2.75) is 32.4 Å². The molecule has 1 fully saturated rings. The van der Waals surface area contributed by atoms with Crippen molar-refractivity contribution in [2.75, 3.05) is 13.7 Å². The Morgan fingerprint density at radius 3 is 2.89 bits per heavy atom. The highest BCUT2D eigenvalue weighted by Gasteiger charge is 2.33. The molecule has 6 nitrogen and oxygen atoms in total. The maximum atomic E-state index is 11.9. The molecule has 1 aromatic heterocycles. The van der Waals surface area contributed by atoms with Crippen LogP contribution in [0.1, 0.15) is 35.3 Å². The Balaban J connectivity index is 2.02. The monoisotopic (exact) mass is 283 g/mol. The summed E-state index contributed by atoms with van der Waals surface area (Å²) >= 11 is 1.37. The maximum absolute atomic E-state index is 11.9. The van der Waals surface area contributed by atoms with Crippen molar-refractivity contribution in [1.82, 2.24) is 15.2 Å². The van der Waals surface area contributed by atoms with Crippen LogP contribution in [-0.4, -0.2) is 41.6 Å². The average Bonchev–Trinajstić information content (AvgIpc) is 3.14. The molecule has 0 saturated heterocycles. The van der Waals surface area contributed by atoms with Gasteiger partial charge in [-0.25, -0.2) is 14.6 Å². The van der Waals surface area contributed by atoms with Crippen molar-refractivity contribution in [1.29, 1.82) is 0 Å². The van der Waals surface area contributed by atoms with Crippen LogP contribution in [0.3, 0.4) is 0 Å². The lowest BCUT2D eigenvalue weighted by Gasteiger charge is -2.21. The van der Waals surface area contributed by atoms with Crippen molar-refractivity contribution in [3.05, 3.63) is 16.1 Å². The van der Waals surface area contributed by atoms with E-state index in [0.717, 1.165) is 17.8 Å². The minimum Gasteiger partial charge on any atom is -0.464 e. The molecule has 0 aromatic carbocycles. The second kappa shape index (κ2) is 6.01. The number of amides is 2. The Bertz CT molecular complexity index is 471. The third kappa shape index (κ3) is 3.44. The van der Waals surface area contributed by atoms with Gasteiger partial charge in [0.15, 0.2) is 5.69 Å². The highest BCUT2D eigenvalue weighted by molar-refractivity contribution is 7.09. The lowest BCUT2D eigenvalue weighted by atomic mass is 10.4. The van der Waals surface area contributed by atoms with E-state index in [1.807, 2.05) is 6.92 Å². The molecule has 1 aliphatic carbocycles. The lowest BCUT2D eigenvalue weighted by Crippen LogP contribution is -2.40. The van der Waals surface area contributed by atoms with Crippen LogP contribution >= 0.6 is 11.3 Å². The van der Waals surface area contributed by atoms with Crippen LogP contribution in [0.5, 0.6) is 0 Å². The minimum absolute atomic E-state index is 0.0696. The summed E-state index contributed by atoms with van der Waals surface area (Å²) in [5.74, 6) is -0.446. The summed E-state index contributed by atoms with van der Waals surface area (Å²) in [7, 11) is 1.33. The third-order valence-electron chi connectivity index (χ3n) is 2.83. The normalized spacial score (nSPS) is 14.0. The predicted molar refractivity (Wildman–Crippen MR) is 71.1 cm³/mol. The first kappa shape index (κ1) is 13.8. The summed E-state index contributed by atoms with van der Waals surface area (Å²) in [6.07, 6.45) is 2.07. The van der Waals surface area contributed by atoms with Crippen molar-refractivity contribution < 1.29 is 14.3 Å². The number of urea groups is 1. The molecule has 19 heavy (non-hydrogen) atoms. The summed E-state index contributed by atoms with van der Waals surface area (Å²) in [6.45, 7) is 2.94. The highest BCUT2D eigenvalue weighted by Crippen LogP contribution is 2.29. The van der Waals surface area contributed by atoms with Crippen LogP contribution in [0.4, 0.5) is 4.79 Å². The van der Waals surface area contributed by atoms with Crippen molar-refractivity contribution in [2.24, 2.45) is 0 Å². The summed E-state index contributed by atoms with van der Waals surface area (Å²) in [5, 5.41) is 5.21. The second-order valence-corrected chi connectivity index (χ2v) is 5.26. The molecule has 0 spiro atoms. The molecule has 1 aliphatic rings. The van der Waals surface area contributed by atoms with Gasteiger partial charge in [-0.1, -0.05) is 0 Å². The van der Waals surface area contributed by atoms with Crippen LogP contribution in [0.2, 0.25) is 0 Å². The first-order valence-electron chi connectivity index (χ1n) is 6.23. The molecule has 0 aliphatic heterocycles. The molecule has 1 saturated carbocycles. The fourth-order valence-corrected chi connectivity index (χ4v) is 2.49. The van der Waals surface area contributed by atoms with E-state index in [0.29, 0.717) is 24.8 Å². The fourth-order valence-electron chi connectivity index (χ4n) is 1.73. The largest absolute Gasteiger partial charge is 0.464 e. The smallest absolute Gasteiger partial charge is 0.357 e. The van der Waals surface area contributed by atoms with E-state index in [1.54, 1.807) is 10.3 Å². The molecule has 104 valence electrons. The summed E-state index contributed by atoms with van der Waals surface area (Å²) in [4.78, 5) is 29.2. The molecule has 0 unspecified atom stereocenters. The Hall–Kier alpha value is -1.63. The standard InChI is InChI=1S/C12H17N3O3S/c1-3-13-12(17)15(8-4-5-8)6-10-14-9(7-19-10)11(16)18-2/h7-8H,3-6H2,1-2H3,(H,13,17). The minimum atomic E-state index is -0.446. The Morgan fingerprint density at radius 1 is 1.58 bits per heavy atom. The highest BCUT2D eigenvalue weighted by atomic mass is 32.1. The molecule has 2 amide bonds. The van der Waals surface area contributed by atoms with Crippen LogP contribution in [0, 0.1) is 0 Å². The van der Waals surface area contributed by atoms with E-state index in [2.05, 4.69) is 15.0 Å². The number of methoxy groups -OCH3 is 1. The number of nitrogens with one attached hydrogen (secondary N) is 1. The van der Waals surface area contributed by atoms with Gasteiger partial charge in [0.2, 0.25) is 0 Å². The van der Waals surface area contributed by atoms with Gasteiger partial charge in [0.1, 0.15) is 5.01 Å². The third-order valence-corrected chi connectivity index (χ3v) is 3.66. The number of hydrogen-bond donors (Lipinski definition) is 1. The van der Waals surface area contributed by atoms with Gasteiger partial charge in [0, 0.05) is 18.0 Å². The van der Waals surface area contributed by atoms with E-state index in [4.69, 9.17) is 0 Å². The van der Waals surface area contributed by atoms with Gasteiger partial charge >= 0.3 is 12.0 Å². The molecule has 0 atom stereocenters. The van der Waals surface area contributed by atoms with Gasteiger partial charge in [-0.05, 0) is 19.8 Å². The number of aromatic nitrogens is 1. The lowest BCUT2D eigenvalue weighted by molar-refractivity contribution is 0.0594. The van der Waals surface area contributed by atoms with Gasteiger partial charge < -0.3 is 15.0 Å². The molecule has 1 aromatic rings. The first-order chi connectivity index (χ1) is 9.15. The van der Waals surface area contributed by atoms with Crippen molar-refractivity contribution in [3.8, 4) is 0 Å². The zero-order chi connectivity index (χ0) is 13.8. The van der Waals surface area contributed by atoms with Gasteiger partial charge in [-0.3, -0.25) is 0 Å². The van der Waals surface area contributed by atoms with Crippen LogP contribution < -0.4 is 5.32 Å². The van der Waals surface area contributed by atoms with E-state index >= 15 is 0 Å². The molecular formula is C12H17N3O3S. The van der Waals surface area contributed by atoms with Gasteiger partial charge in [0.05, 0.1) is 13.7 Å². The zero-order valence-corrected chi connectivity index (χ0v) is 11.8. The molecule has 7 heteroatoms. The van der Waals surface area contributed by atoms with Gasteiger partial charge in [-0.15, -0.1) is 11.3 Å². The number of carbonyl (C=O) groups excluding carboxylic acids is 2. The SMILES string of the molecule is CCNC(=O)N(Cc1nc(C(=O)OC)cs1)C1CC1. The number of esters is 1. The number of thiazole rings is 1.